The van der Waals surface area contributed by atoms with E-state index in [1.165, 1.54) is 34.1 Å². The maximum atomic E-state index is 14.1. The molecule has 4 heteroatoms. The van der Waals surface area contributed by atoms with Crippen molar-refractivity contribution >= 4 is 23.1 Å². The van der Waals surface area contributed by atoms with E-state index in [0.29, 0.717) is 5.69 Å². The molecule has 8 rings (SSSR count). The molecule has 0 radical (unpaired) electrons. The topological polar surface area (TPSA) is 46.6 Å². The van der Waals surface area contributed by atoms with E-state index in [4.69, 9.17) is 4.74 Å². The van der Waals surface area contributed by atoms with Crippen LogP contribution < -0.4 is 4.90 Å². The molecule has 1 saturated heterocycles. The molecule has 0 N–H and O–H groups in total. The van der Waals surface area contributed by atoms with Crippen LogP contribution in [-0.4, -0.2) is 17.9 Å². The summed E-state index contributed by atoms with van der Waals surface area (Å²) < 4.78 is 6.80. The second-order valence-corrected chi connectivity index (χ2v) is 10.7. The zero-order valence-electron chi connectivity index (χ0n) is 20.9. The lowest BCUT2D eigenvalue weighted by atomic mass is 9.65. The molecule has 1 saturated carbocycles. The van der Waals surface area contributed by atoms with E-state index in [1.54, 1.807) is 0 Å². The first-order valence-electron chi connectivity index (χ1n) is 13.2. The number of nitrogens with zero attached hydrogens (tertiary/aromatic N) is 1. The van der Waals surface area contributed by atoms with Gasteiger partial charge in [-0.05, 0) is 39.5 Å². The van der Waals surface area contributed by atoms with Crippen LogP contribution in [0.25, 0.3) is 5.57 Å². The number of imide groups is 1. The lowest BCUT2D eigenvalue weighted by Crippen LogP contribution is -2.64. The summed E-state index contributed by atoms with van der Waals surface area (Å²) in [6.07, 6.45) is -0.128. The predicted octanol–water partition coefficient (Wildman–Crippen LogP) is 6.19. The highest BCUT2D eigenvalue weighted by Crippen LogP contribution is 2.74. The Labute approximate surface area is 221 Å². The lowest BCUT2D eigenvalue weighted by molar-refractivity contribution is -0.251. The molecule has 2 aliphatic heterocycles. The molecule has 2 fully saturated rings. The van der Waals surface area contributed by atoms with Crippen LogP contribution in [0.4, 0.5) is 5.69 Å². The van der Waals surface area contributed by atoms with Gasteiger partial charge in [-0.1, -0.05) is 103 Å². The highest BCUT2D eigenvalue weighted by Gasteiger charge is 2.76. The zero-order valence-corrected chi connectivity index (χ0v) is 20.9. The van der Waals surface area contributed by atoms with E-state index in [2.05, 4.69) is 72.8 Å². The van der Waals surface area contributed by atoms with Crippen LogP contribution in [0.1, 0.15) is 46.6 Å². The van der Waals surface area contributed by atoms with Gasteiger partial charge < -0.3 is 4.74 Å². The molecular formula is C34H25NO3. The van der Waals surface area contributed by atoms with Crippen molar-refractivity contribution in [3.8, 4) is 0 Å². The number of benzene rings is 4. The molecule has 2 aliphatic carbocycles. The first-order chi connectivity index (χ1) is 18.6. The summed E-state index contributed by atoms with van der Waals surface area (Å²) >= 11 is 0. The third kappa shape index (κ3) is 2.53. The number of anilines is 1. The third-order valence-corrected chi connectivity index (χ3v) is 8.96. The number of carbonyl (C=O) groups excluding carboxylic acids is 2. The van der Waals surface area contributed by atoms with Crippen LogP contribution in [0, 0.1) is 5.92 Å². The molecule has 2 amide bonds. The van der Waals surface area contributed by atoms with Gasteiger partial charge in [0.15, 0.2) is 5.60 Å². The molecule has 5 atom stereocenters. The summed E-state index contributed by atoms with van der Waals surface area (Å²) in [5.74, 6) is -0.557. The maximum absolute atomic E-state index is 14.1. The average molecular weight is 496 g/mol. The normalized spacial score (nSPS) is 27.7. The monoisotopic (exact) mass is 495 g/mol. The van der Waals surface area contributed by atoms with Gasteiger partial charge in [0.25, 0.3) is 5.91 Å². The number of amides is 2. The molecular weight excluding hydrogens is 470 g/mol. The molecule has 4 aromatic carbocycles. The van der Waals surface area contributed by atoms with Crippen molar-refractivity contribution in [1.29, 1.82) is 0 Å². The Morgan fingerprint density at radius 3 is 1.92 bits per heavy atom. The lowest BCUT2D eigenvalue weighted by Gasteiger charge is -2.53. The van der Waals surface area contributed by atoms with Gasteiger partial charge >= 0.3 is 0 Å². The fourth-order valence-corrected chi connectivity index (χ4v) is 7.71. The molecule has 4 aliphatic rings. The molecule has 38 heavy (non-hydrogen) atoms. The molecule has 5 unspecified atom stereocenters. The first-order valence-corrected chi connectivity index (χ1v) is 13.2. The number of para-hydroxylation sites is 1. The van der Waals surface area contributed by atoms with Gasteiger partial charge in [-0.2, -0.15) is 0 Å². The molecule has 4 nitrogen and oxygen atoms in total. The number of ether oxygens (including phenoxy) is 1. The first kappa shape index (κ1) is 21.8. The van der Waals surface area contributed by atoms with Gasteiger partial charge in [0.2, 0.25) is 5.91 Å². The Balaban J connectivity index is 1.40. The number of hydrogen-bond donors (Lipinski definition) is 0. The Bertz CT molecular complexity index is 1630. The SMILES string of the molecule is CC(=O)N1C(=O)C2(OC3C4C(=C(c5ccccc5)c5ccccc5)C(c5ccccc54)C32)c2ccccc21. The molecule has 2 heterocycles. The zero-order chi connectivity index (χ0) is 25.6. The summed E-state index contributed by atoms with van der Waals surface area (Å²) in [4.78, 5) is 28.1. The molecule has 1 spiro atoms. The van der Waals surface area contributed by atoms with E-state index >= 15 is 0 Å². The highest BCUT2D eigenvalue weighted by molar-refractivity contribution is 6.22. The summed E-state index contributed by atoms with van der Waals surface area (Å²) in [5, 5.41) is 0. The van der Waals surface area contributed by atoms with Crippen molar-refractivity contribution in [3.05, 3.63) is 143 Å². The fourth-order valence-electron chi connectivity index (χ4n) is 7.71. The van der Waals surface area contributed by atoms with Crippen molar-refractivity contribution in [2.75, 3.05) is 4.90 Å². The van der Waals surface area contributed by atoms with Gasteiger partial charge in [-0.3, -0.25) is 9.59 Å². The van der Waals surface area contributed by atoms with Crippen molar-refractivity contribution in [2.24, 2.45) is 5.92 Å². The van der Waals surface area contributed by atoms with Crippen molar-refractivity contribution in [1.82, 2.24) is 0 Å². The fraction of sp³-hybridized carbons (Fsp3) is 0.176. The smallest absolute Gasteiger partial charge is 0.271 e. The van der Waals surface area contributed by atoms with Crippen molar-refractivity contribution in [2.45, 2.75) is 30.5 Å². The molecule has 0 aromatic heterocycles. The largest absolute Gasteiger partial charge is 0.355 e. The third-order valence-electron chi connectivity index (χ3n) is 8.96. The summed E-state index contributed by atoms with van der Waals surface area (Å²) in [6.45, 7) is 1.45. The highest BCUT2D eigenvalue weighted by atomic mass is 16.5. The van der Waals surface area contributed by atoms with Gasteiger partial charge in [-0.25, -0.2) is 4.90 Å². The van der Waals surface area contributed by atoms with Crippen molar-refractivity contribution in [3.63, 3.8) is 0 Å². The van der Waals surface area contributed by atoms with E-state index < -0.39 is 5.60 Å². The average Bonchev–Trinajstić information content (AvgIpc) is 3.49. The minimum Gasteiger partial charge on any atom is -0.355 e. The van der Waals surface area contributed by atoms with Gasteiger partial charge in [-0.15, -0.1) is 0 Å². The minimum atomic E-state index is -1.15. The minimum absolute atomic E-state index is 0.00859. The van der Waals surface area contributed by atoms with Gasteiger partial charge in [0.1, 0.15) is 0 Å². The molecule has 4 aromatic rings. The maximum Gasteiger partial charge on any atom is 0.271 e. The predicted molar refractivity (Wildman–Crippen MR) is 145 cm³/mol. The summed E-state index contributed by atoms with van der Waals surface area (Å²) in [6, 6.07) is 37.3. The van der Waals surface area contributed by atoms with Crippen LogP contribution >= 0.6 is 0 Å². The van der Waals surface area contributed by atoms with Crippen LogP contribution in [0.3, 0.4) is 0 Å². The van der Waals surface area contributed by atoms with Crippen LogP contribution in [0.2, 0.25) is 0 Å². The molecule has 2 bridgehead atoms. The number of fused-ring (bicyclic) bond motifs is 11. The Kier molecular flexibility index (Phi) is 4.37. The number of carbonyl (C=O) groups is 2. The summed E-state index contributed by atoms with van der Waals surface area (Å²) in [7, 11) is 0. The Hall–Kier alpha value is -4.28. The number of hydrogen-bond acceptors (Lipinski definition) is 3. The Morgan fingerprint density at radius 1 is 0.737 bits per heavy atom. The van der Waals surface area contributed by atoms with E-state index in [1.807, 2.05) is 36.4 Å². The van der Waals surface area contributed by atoms with E-state index in [0.717, 1.165) is 16.7 Å². The second kappa shape index (κ2) is 7.62. The van der Waals surface area contributed by atoms with Crippen molar-refractivity contribution < 1.29 is 14.3 Å². The van der Waals surface area contributed by atoms with Crippen LogP contribution in [-0.2, 0) is 19.9 Å². The standard InChI is InChI=1S/C34H25NO3/c1-20(36)35-26-19-11-10-18-25(26)34(33(35)37)31-28-23-16-8-9-17-24(23)29(32(31)38-34)30(28)27(21-12-4-2-5-13-21)22-14-6-3-7-15-22/h2-19,28-29,31-32H,1H3. The number of rotatable bonds is 2. The van der Waals surface area contributed by atoms with Crippen LogP contribution in [0.15, 0.2) is 115 Å². The van der Waals surface area contributed by atoms with Crippen LogP contribution in [0.5, 0.6) is 0 Å². The Morgan fingerprint density at radius 2 is 1.29 bits per heavy atom. The van der Waals surface area contributed by atoms with Gasteiger partial charge in [0.05, 0.1) is 11.8 Å². The van der Waals surface area contributed by atoms with E-state index in [9.17, 15) is 9.59 Å². The van der Waals surface area contributed by atoms with Gasteiger partial charge in [0, 0.05) is 30.2 Å². The second-order valence-electron chi connectivity index (χ2n) is 10.7. The molecule has 184 valence electrons. The van der Waals surface area contributed by atoms with E-state index in [-0.39, 0.29) is 35.7 Å². The summed E-state index contributed by atoms with van der Waals surface area (Å²) in [5.41, 5.74) is 7.73. The quantitative estimate of drug-likeness (QED) is 0.333.